The van der Waals surface area contributed by atoms with E-state index in [1.807, 2.05) is 34.3 Å². The summed E-state index contributed by atoms with van der Waals surface area (Å²) in [6.07, 6.45) is 3.51. The average molecular weight is 283 g/mol. The van der Waals surface area contributed by atoms with E-state index in [4.69, 9.17) is 5.26 Å². The molecule has 98 valence electrons. The highest BCUT2D eigenvalue weighted by molar-refractivity contribution is 7.13. The van der Waals surface area contributed by atoms with E-state index in [1.54, 1.807) is 29.7 Å². The number of imidazole rings is 1. The van der Waals surface area contributed by atoms with Crippen molar-refractivity contribution in [3.8, 4) is 16.8 Å². The molecule has 0 aliphatic carbocycles. The molecule has 0 aliphatic rings. The zero-order valence-electron chi connectivity index (χ0n) is 10.5. The SMILES string of the molecule is N#Cc1cccc(Cn2ccnc2-c2cccs2)c1F. The largest absolute Gasteiger partial charge is 0.326 e. The van der Waals surface area contributed by atoms with Gasteiger partial charge < -0.3 is 4.57 Å². The Morgan fingerprint density at radius 3 is 2.95 bits per heavy atom. The predicted molar refractivity (Wildman–Crippen MR) is 75.8 cm³/mol. The van der Waals surface area contributed by atoms with E-state index in [2.05, 4.69) is 4.98 Å². The summed E-state index contributed by atoms with van der Waals surface area (Å²) in [7, 11) is 0. The van der Waals surface area contributed by atoms with Gasteiger partial charge in [-0.25, -0.2) is 9.37 Å². The molecular weight excluding hydrogens is 273 g/mol. The van der Waals surface area contributed by atoms with Crippen LogP contribution in [0.4, 0.5) is 4.39 Å². The Bertz CT molecular complexity index is 769. The molecule has 0 aliphatic heterocycles. The lowest BCUT2D eigenvalue weighted by molar-refractivity contribution is 0.597. The number of thiophene rings is 1. The molecule has 0 saturated heterocycles. The third-order valence-electron chi connectivity index (χ3n) is 3.00. The summed E-state index contributed by atoms with van der Waals surface area (Å²) in [5.41, 5.74) is 0.556. The molecule has 0 saturated carbocycles. The molecular formula is C15H10FN3S. The lowest BCUT2D eigenvalue weighted by Crippen LogP contribution is -2.03. The van der Waals surface area contributed by atoms with Gasteiger partial charge in [-0.1, -0.05) is 18.2 Å². The molecule has 20 heavy (non-hydrogen) atoms. The Kier molecular flexibility index (Phi) is 3.32. The van der Waals surface area contributed by atoms with Gasteiger partial charge in [-0.2, -0.15) is 5.26 Å². The van der Waals surface area contributed by atoms with E-state index < -0.39 is 5.82 Å². The summed E-state index contributed by atoms with van der Waals surface area (Å²) < 4.78 is 16.0. The van der Waals surface area contributed by atoms with Crippen LogP contribution in [0.5, 0.6) is 0 Å². The van der Waals surface area contributed by atoms with Gasteiger partial charge in [0.25, 0.3) is 0 Å². The molecule has 0 amide bonds. The Morgan fingerprint density at radius 1 is 1.30 bits per heavy atom. The second-order valence-corrected chi connectivity index (χ2v) is 5.19. The van der Waals surface area contributed by atoms with Gasteiger partial charge in [-0.3, -0.25) is 0 Å². The van der Waals surface area contributed by atoms with Crippen molar-refractivity contribution in [1.29, 1.82) is 5.26 Å². The Labute approximate surface area is 119 Å². The van der Waals surface area contributed by atoms with Crippen molar-refractivity contribution < 1.29 is 4.39 Å². The molecule has 0 spiro atoms. The molecule has 3 rings (SSSR count). The second-order valence-electron chi connectivity index (χ2n) is 4.25. The summed E-state index contributed by atoms with van der Waals surface area (Å²) >= 11 is 1.59. The van der Waals surface area contributed by atoms with E-state index in [1.165, 1.54) is 6.07 Å². The number of hydrogen-bond acceptors (Lipinski definition) is 3. The fourth-order valence-corrected chi connectivity index (χ4v) is 2.78. The van der Waals surface area contributed by atoms with Crippen molar-refractivity contribution in [3.05, 3.63) is 65.0 Å². The lowest BCUT2D eigenvalue weighted by atomic mass is 10.1. The number of nitrogens with zero attached hydrogens (tertiary/aromatic N) is 3. The van der Waals surface area contributed by atoms with Crippen molar-refractivity contribution in [2.75, 3.05) is 0 Å². The second kappa shape index (κ2) is 5.27. The normalized spacial score (nSPS) is 10.4. The van der Waals surface area contributed by atoms with Crippen LogP contribution in [0.3, 0.4) is 0 Å². The van der Waals surface area contributed by atoms with Gasteiger partial charge in [0.1, 0.15) is 17.7 Å². The number of halogens is 1. The van der Waals surface area contributed by atoms with E-state index >= 15 is 0 Å². The van der Waals surface area contributed by atoms with Gasteiger partial charge in [0.2, 0.25) is 0 Å². The number of nitriles is 1. The third-order valence-corrected chi connectivity index (χ3v) is 3.86. The smallest absolute Gasteiger partial charge is 0.150 e. The van der Waals surface area contributed by atoms with Crippen molar-refractivity contribution in [2.45, 2.75) is 6.54 Å². The number of benzene rings is 1. The lowest BCUT2D eigenvalue weighted by Gasteiger charge is -2.08. The summed E-state index contributed by atoms with van der Waals surface area (Å²) in [6, 6.07) is 10.7. The van der Waals surface area contributed by atoms with Crippen LogP contribution in [0.15, 0.2) is 48.1 Å². The van der Waals surface area contributed by atoms with Crippen LogP contribution >= 0.6 is 11.3 Å². The van der Waals surface area contributed by atoms with Crippen molar-refractivity contribution >= 4 is 11.3 Å². The van der Waals surface area contributed by atoms with Crippen LogP contribution in [0.25, 0.3) is 10.7 Å². The van der Waals surface area contributed by atoms with Gasteiger partial charge in [0, 0.05) is 18.0 Å². The minimum absolute atomic E-state index is 0.0697. The molecule has 3 nitrogen and oxygen atoms in total. The molecule has 0 fully saturated rings. The van der Waals surface area contributed by atoms with E-state index in [-0.39, 0.29) is 5.56 Å². The predicted octanol–water partition coefficient (Wildman–Crippen LogP) is 3.67. The highest BCUT2D eigenvalue weighted by atomic mass is 32.1. The average Bonchev–Trinajstić information content (AvgIpc) is 3.11. The first-order chi connectivity index (χ1) is 9.79. The highest BCUT2D eigenvalue weighted by Crippen LogP contribution is 2.24. The number of aromatic nitrogens is 2. The van der Waals surface area contributed by atoms with Crippen LogP contribution in [0.2, 0.25) is 0 Å². The molecule has 0 atom stereocenters. The molecule has 0 N–H and O–H groups in total. The van der Waals surface area contributed by atoms with Gasteiger partial charge in [0.15, 0.2) is 0 Å². The Hall–Kier alpha value is -2.45. The topological polar surface area (TPSA) is 41.6 Å². The standard InChI is InChI=1S/C15H10FN3S/c16-14-11(9-17)3-1-4-12(14)10-19-7-6-18-15(19)13-5-2-8-20-13/h1-8H,10H2. The maximum absolute atomic E-state index is 14.1. The van der Waals surface area contributed by atoms with E-state index in [9.17, 15) is 4.39 Å². The molecule has 0 bridgehead atoms. The molecule has 3 aromatic rings. The molecule has 5 heteroatoms. The van der Waals surface area contributed by atoms with Crippen LogP contribution < -0.4 is 0 Å². The third kappa shape index (κ3) is 2.22. The van der Waals surface area contributed by atoms with E-state index in [0.717, 1.165) is 10.7 Å². The first-order valence-electron chi connectivity index (χ1n) is 6.02. The van der Waals surface area contributed by atoms with Gasteiger partial charge in [-0.05, 0) is 17.5 Å². The Morgan fingerprint density at radius 2 is 2.20 bits per heavy atom. The summed E-state index contributed by atoms with van der Waals surface area (Å²) in [4.78, 5) is 5.35. The quantitative estimate of drug-likeness (QED) is 0.736. The van der Waals surface area contributed by atoms with E-state index in [0.29, 0.717) is 12.1 Å². The monoisotopic (exact) mass is 283 g/mol. The minimum atomic E-state index is -0.458. The molecule has 0 radical (unpaired) electrons. The maximum Gasteiger partial charge on any atom is 0.150 e. The fourth-order valence-electron chi connectivity index (χ4n) is 2.04. The highest BCUT2D eigenvalue weighted by Gasteiger charge is 2.11. The maximum atomic E-state index is 14.1. The van der Waals surface area contributed by atoms with Crippen molar-refractivity contribution in [2.24, 2.45) is 0 Å². The first kappa shape index (κ1) is 12.6. The van der Waals surface area contributed by atoms with Crippen LogP contribution in [0.1, 0.15) is 11.1 Å². The summed E-state index contributed by atoms with van der Waals surface area (Å²) in [5.74, 6) is 0.350. The minimum Gasteiger partial charge on any atom is -0.326 e. The van der Waals surface area contributed by atoms with Crippen LogP contribution in [-0.2, 0) is 6.54 Å². The zero-order valence-corrected chi connectivity index (χ0v) is 11.3. The van der Waals surface area contributed by atoms with Gasteiger partial charge in [-0.15, -0.1) is 11.3 Å². The molecule has 2 aromatic heterocycles. The molecule has 0 unspecified atom stereocenters. The van der Waals surface area contributed by atoms with Crippen LogP contribution in [0, 0.1) is 17.1 Å². The fraction of sp³-hybridized carbons (Fsp3) is 0.0667. The summed E-state index contributed by atoms with van der Waals surface area (Å²) in [6.45, 7) is 0.356. The summed E-state index contributed by atoms with van der Waals surface area (Å²) in [5, 5.41) is 10.8. The van der Waals surface area contributed by atoms with Crippen LogP contribution in [-0.4, -0.2) is 9.55 Å². The molecule has 2 heterocycles. The van der Waals surface area contributed by atoms with Gasteiger partial charge >= 0.3 is 0 Å². The van der Waals surface area contributed by atoms with Gasteiger partial charge in [0.05, 0.1) is 17.0 Å². The number of hydrogen-bond donors (Lipinski definition) is 0. The first-order valence-corrected chi connectivity index (χ1v) is 6.90. The number of rotatable bonds is 3. The Balaban J connectivity index is 1.98. The zero-order chi connectivity index (χ0) is 13.9. The van der Waals surface area contributed by atoms with Crippen molar-refractivity contribution in [1.82, 2.24) is 9.55 Å². The van der Waals surface area contributed by atoms with Crippen molar-refractivity contribution in [3.63, 3.8) is 0 Å². The molecule has 1 aromatic carbocycles.